The van der Waals surface area contributed by atoms with Crippen LogP contribution in [-0.2, 0) is 14.8 Å². The van der Waals surface area contributed by atoms with Crippen LogP contribution in [0.4, 0.5) is 5.69 Å². The Kier molecular flexibility index (Phi) is 7.57. The Hall–Kier alpha value is -2.85. The number of anilines is 1. The zero-order valence-corrected chi connectivity index (χ0v) is 19.7. The molecule has 0 bridgehead atoms. The second-order valence-electron chi connectivity index (χ2n) is 7.86. The van der Waals surface area contributed by atoms with E-state index < -0.39 is 15.9 Å². The van der Waals surface area contributed by atoms with Gasteiger partial charge in [-0.25, -0.2) is 8.42 Å². The zero-order valence-electron chi connectivity index (χ0n) is 18.9. The van der Waals surface area contributed by atoms with Crippen molar-refractivity contribution in [3.05, 3.63) is 41.9 Å². The minimum Gasteiger partial charge on any atom is -0.492 e. The zero-order chi connectivity index (χ0) is 23.3. The van der Waals surface area contributed by atoms with Gasteiger partial charge in [-0.15, -0.1) is 0 Å². The van der Waals surface area contributed by atoms with Crippen molar-refractivity contribution < 1.29 is 22.5 Å². The van der Waals surface area contributed by atoms with E-state index in [2.05, 4.69) is 10.5 Å². The van der Waals surface area contributed by atoms with Gasteiger partial charge in [-0.1, -0.05) is 17.3 Å². The predicted octanol–water partition coefficient (Wildman–Crippen LogP) is 2.95. The van der Waals surface area contributed by atoms with E-state index in [1.54, 1.807) is 36.2 Å². The molecule has 0 aliphatic carbocycles. The van der Waals surface area contributed by atoms with Crippen molar-refractivity contribution in [3.63, 3.8) is 0 Å². The molecule has 1 atom stereocenters. The number of ether oxygens (including phenoxy) is 1. The SMILES string of the molecule is CCOc1ccccc1NC(=O)C1CCCN(S(=O)(=O)c2c(C)noc2/C=C/N(C)C)C1. The number of aryl methyl sites for hydroxylation is 1. The lowest BCUT2D eigenvalue weighted by Crippen LogP contribution is -2.44. The third kappa shape index (κ3) is 5.31. The molecule has 0 radical (unpaired) electrons. The lowest BCUT2D eigenvalue weighted by molar-refractivity contribution is -0.120. The summed E-state index contributed by atoms with van der Waals surface area (Å²) in [6.07, 6.45) is 4.45. The highest BCUT2D eigenvalue weighted by atomic mass is 32.2. The van der Waals surface area contributed by atoms with Crippen LogP contribution in [0.3, 0.4) is 0 Å². The molecule has 3 rings (SSSR count). The Labute approximate surface area is 189 Å². The van der Waals surface area contributed by atoms with E-state index in [-0.39, 0.29) is 23.1 Å². The number of carbonyl (C=O) groups is 1. The first-order chi connectivity index (χ1) is 15.2. The molecule has 174 valence electrons. The molecule has 1 unspecified atom stereocenters. The summed E-state index contributed by atoms with van der Waals surface area (Å²) in [5, 5.41) is 6.74. The van der Waals surface area contributed by atoms with Crippen LogP contribution >= 0.6 is 0 Å². The van der Waals surface area contributed by atoms with E-state index in [4.69, 9.17) is 9.26 Å². The average molecular weight is 463 g/mol. The molecule has 2 heterocycles. The van der Waals surface area contributed by atoms with Crippen LogP contribution < -0.4 is 10.1 Å². The minimum atomic E-state index is -3.88. The van der Waals surface area contributed by atoms with Gasteiger partial charge in [0.15, 0.2) is 10.7 Å². The monoisotopic (exact) mass is 462 g/mol. The summed E-state index contributed by atoms with van der Waals surface area (Å²) in [5.74, 6) is 0.0513. The quantitative estimate of drug-likeness (QED) is 0.643. The van der Waals surface area contributed by atoms with Crippen LogP contribution in [0.25, 0.3) is 6.08 Å². The topological polar surface area (TPSA) is 105 Å². The summed E-state index contributed by atoms with van der Waals surface area (Å²) in [5.41, 5.74) is 0.867. The molecule has 1 aromatic carbocycles. The average Bonchev–Trinajstić information content (AvgIpc) is 3.15. The van der Waals surface area contributed by atoms with Crippen molar-refractivity contribution in [2.24, 2.45) is 5.92 Å². The number of hydrogen-bond acceptors (Lipinski definition) is 7. The van der Waals surface area contributed by atoms with Gasteiger partial charge in [0.05, 0.1) is 18.2 Å². The molecular weight excluding hydrogens is 432 g/mol. The molecule has 1 fully saturated rings. The Balaban J connectivity index is 1.79. The maximum Gasteiger partial charge on any atom is 0.248 e. The van der Waals surface area contributed by atoms with E-state index in [9.17, 15) is 13.2 Å². The molecule has 0 spiro atoms. The summed E-state index contributed by atoms with van der Waals surface area (Å²) in [7, 11) is -0.232. The molecule has 1 aromatic heterocycles. The fraction of sp³-hybridized carbons (Fsp3) is 0.455. The molecule has 1 aliphatic rings. The molecule has 9 nitrogen and oxygen atoms in total. The van der Waals surface area contributed by atoms with E-state index in [1.165, 1.54) is 4.31 Å². The number of amides is 1. The molecule has 1 N–H and O–H groups in total. The largest absolute Gasteiger partial charge is 0.492 e. The maximum atomic E-state index is 13.4. The Bertz CT molecular complexity index is 1080. The van der Waals surface area contributed by atoms with Crippen LogP contribution in [0.5, 0.6) is 5.75 Å². The van der Waals surface area contributed by atoms with E-state index >= 15 is 0 Å². The summed E-state index contributed by atoms with van der Waals surface area (Å²) in [6, 6.07) is 7.20. The van der Waals surface area contributed by atoms with Crippen molar-refractivity contribution in [2.75, 3.05) is 39.1 Å². The minimum absolute atomic E-state index is 0.0401. The van der Waals surface area contributed by atoms with Crippen LogP contribution in [0.1, 0.15) is 31.2 Å². The van der Waals surface area contributed by atoms with Gasteiger partial charge in [0.1, 0.15) is 11.4 Å². The lowest BCUT2D eigenvalue weighted by Gasteiger charge is -2.31. The van der Waals surface area contributed by atoms with Crippen molar-refractivity contribution in [3.8, 4) is 5.75 Å². The van der Waals surface area contributed by atoms with Crippen molar-refractivity contribution in [1.82, 2.24) is 14.4 Å². The Morgan fingerprint density at radius 3 is 2.84 bits per heavy atom. The van der Waals surface area contributed by atoms with Crippen molar-refractivity contribution in [1.29, 1.82) is 0 Å². The fourth-order valence-electron chi connectivity index (χ4n) is 3.61. The summed E-state index contributed by atoms with van der Waals surface area (Å²) >= 11 is 0. The smallest absolute Gasteiger partial charge is 0.248 e. The highest BCUT2D eigenvalue weighted by Gasteiger charge is 2.37. The number of aromatic nitrogens is 1. The molecule has 32 heavy (non-hydrogen) atoms. The standard InChI is InChI=1S/C22H30N4O5S/c1-5-30-19-11-7-6-10-18(19)23-22(27)17-9-8-13-26(15-17)32(28,29)21-16(2)24-31-20(21)12-14-25(3)4/h6-7,10-12,14,17H,5,8-9,13,15H2,1-4H3,(H,23,27)/b14-12+. The second-order valence-corrected chi connectivity index (χ2v) is 9.74. The first kappa shape index (κ1) is 23.8. The van der Waals surface area contributed by atoms with Gasteiger partial charge in [-0.2, -0.15) is 4.31 Å². The van der Waals surface area contributed by atoms with Crippen LogP contribution in [0.2, 0.25) is 0 Å². The fourth-order valence-corrected chi connectivity index (χ4v) is 5.38. The summed E-state index contributed by atoms with van der Waals surface area (Å²) in [6.45, 7) is 4.37. The van der Waals surface area contributed by atoms with Gasteiger partial charge in [0.25, 0.3) is 0 Å². The van der Waals surface area contributed by atoms with E-state index in [1.807, 2.05) is 33.2 Å². The van der Waals surface area contributed by atoms with Gasteiger partial charge in [-0.3, -0.25) is 4.79 Å². The van der Waals surface area contributed by atoms with Crippen LogP contribution in [-0.4, -0.2) is 62.5 Å². The third-order valence-corrected chi connectivity index (χ3v) is 7.18. The van der Waals surface area contributed by atoms with Crippen LogP contribution in [0.15, 0.2) is 39.9 Å². The number of piperidine rings is 1. The third-order valence-electron chi connectivity index (χ3n) is 5.15. The maximum absolute atomic E-state index is 13.4. The van der Waals surface area contributed by atoms with Gasteiger partial charge in [0.2, 0.25) is 15.9 Å². The molecule has 0 saturated carbocycles. The van der Waals surface area contributed by atoms with Gasteiger partial charge in [-0.05, 0) is 38.8 Å². The number of rotatable bonds is 8. The lowest BCUT2D eigenvalue weighted by atomic mass is 9.98. The number of hydrogen-bond donors (Lipinski definition) is 1. The molecule has 1 saturated heterocycles. The number of nitrogens with one attached hydrogen (secondary N) is 1. The van der Waals surface area contributed by atoms with Gasteiger partial charge >= 0.3 is 0 Å². The molecule has 1 aliphatic heterocycles. The van der Waals surface area contributed by atoms with Gasteiger partial charge < -0.3 is 19.5 Å². The molecular formula is C22H30N4O5S. The molecule has 1 amide bonds. The normalized spacial score (nSPS) is 17.4. The van der Waals surface area contributed by atoms with E-state index in [0.717, 1.165) is 0 Å². The number of benzene rings is 1. The van der Waals surface area contributed by atoms with E-state index in [0.29, 0.717) is 43.1 Å². The Morgan fingerprint density at radius 1 is 1.38 bits per heavy atom. The molecule has 10 heteroatoms. The van der Waals surface area contributed by atoms with Crippen LogP contribution in [0, 0.1) is 12.8 Å². The number of sulfonamides is 1. The van der Waals surface area contributed by atoms with Crippen molar-refractivity contribution >= 4 is 27.7 Å². The predicted molar refractivity (Wildman–Crippen MR) is 122 cm³/mol. The first-order valence-electron chi connectivity index (χ1n) is 10.6. The molecule has 2 aromatic rings. The summed E-state index contributed by atoms with van der Waals surface area (Å²) in [4.78, 5) is 14.8. The van der Waals surface area contributed by atoms with Crippen molar-refractivity contribution in [2.45, 2.75) is 31.6 Å². The number of carbonyl (C=O) groups excluding carboxylic acids is 1. The number of nitrogens with zero attached hydrogens (tertiary/aromatic N) is 3. The second kappa shape index (κ2) is 10.2. The highest BCUT2D eigenvalue weighted by Crippen LogP contribution is 2.30. The first-order valence-corrected chi connectivity index (χ1v) is 12.0. The summed E-state index contributed by atoms with van der Waals surface area (Å²) < 4.78 is 39.0. The Morgan fingerprint density at radius 2 is 2.12 bits per heavy atom. The highest BCUT2D eigenvalue weighted by molar-refractivity contribution is 7.89. The van der Waals surface area contributed by atoms with Gasteiger partial charge in [0, 0.05) is 39.5 Å². The number of para-hydroxylation sites is 2.